The van der Waals surface area contributed by atoms with Crippen LogP contribution in [0.4, 0.5) is 8.78 Å². The Labute approximate surface area is 228 Å². The topological polar surface area (TPSA) is 111 Å². The third kappa shape index (κ3) is 4.43. The highest BCUT2D eigenvalue weighted by Crippen LogP contribution is 2.56. The first-order chi connectivity index (χ1) is 18.3. The third-order valence-electron chi connectivity index (χ3n) is 6.90. The number of halogens is 3. The summed E-state index contributed by atoms with van der Waals surface area (Å²) < 4.78 is 57.9. The molecular weight excluding hydrogens is 548 g/mol. The van der Waals surface area contributed by atoms with E-state index in [1.54, 1.807) is 37.8 Å². The van der Waals surface area contributed by atoms with Crippen molar-refractivity contribution in [1.29, 1.82) is 5.26 Å². The lowest BCUT2D eigenvalue weighted by molar-refractivity contribution is 0.569. The zero-order chi connectivity index (χ0) is 28.4. The molecule has 200 valence electrons. The minimum atomic E-state index is -3.92. The zero-order valence-electron chi connectivity index (χ0n) is 21.3. The molecule has 1 aliphatic carbocycles. The standard InChI is InChI=1S/C27H22ClF2N5O3S/c1-13-11-32-25(16-6-5-7-20(22(16)29)39(4,37)38)23(30)26(13)35-14(2)8-18(21(28)27(35)36)17-9-19(17)24-15(10-31)12-34(3)33-24/h5-8,11-12,17,19H,9H2,1-4H3/t17-,19?/m0/s1. The van der Waals surface area contributed by atoms with Crippen LogP contribution in [0.2, 0.25) is 5.02 Å². The predicted molar refractivity (Wildman–Crippen MR) is 141 cm³/mol. The van der Waals surface area contributed by atoms with E-state index in [0.717, 1.165) is 16.9 Å². The first kappa shape index (κ1) is 26.7. The number of nitriles is 1. The molecule has 39 heavy (non-hydrogen) atoms. The van der Waals surface area contributed by atoms with Gasteiger partial charge in [0.05, 0.1) is 16.9 Å². The maximum atomic E-state index is 16.0. The van der Waals surface area contributed by atoms with Gasteiger partial charge in [-0.1, -0.05) is 17.7 Å². The summed E-state index contributed by atoms with van der Waals surface area (Å²) in [6.07, 6.45) is 4.43. The van der Waals surface area contributed by atoms with Gasteiger partial charge < -0.3 is 0 Å². The van der Waals surface area contributed by atoms with E-state index in [0.29, 0.717) is 34.5 Å². The minimum Gasteiger partial charge on any atom is -0.277 e. The van der Waals surface area contributed by atoms with Crippen LogP contribution < -0.4 is 5.56 Å². The second kappa shape index (κ2) is 9.39. The summed E-state index contributed by atoms with van der Waals surface area (Å²) in [6, 6.07) is 7.44. The fourth-order valence-electron chi connectivity index (χ4n) is 5.00. The lowest BCUT2D eigenvalue weighted by Crippen LogP contribution is -2.24. The summed E-state index contributed by atoms with van der Waals surface area (Å²) >= 11 is 6.56. The lowest BCUT2D eigenvalue weighted by atomic mass is 10.0. The normalized spacial score (nSPS) is 16.8. The molecule has 0 spiro atoms. The number of nitrogens with zero attached hydrogens (tertiary/aromatic N) is 5. The van der Waals surface area contributed by atoms with Crippen LogP contribution in [0.15, 0.2) is 46.3 Å². The number of rotatable bonds is 5. The molecule has 0 N–H and O–H groups in total. The van der Waals surface area contributed by atoms with Gasteiger partial charge in [-0.25, -0.2) is 17.2 Å². The van der Waals surface area contributed by atoms with Gasteiger partial charge in [0.15, 0.2) is 21.5 Å². The molecule has 0 amide bonds. The van der Waals surface area contributed by atoms with E-state index in [4.69, 9.17) is 11.6 Å². The molecule has 12 heteroatoms. The zero-order valence-corrected chi connectivity index (χ0v) is 22.9. The van der Waals surface area contributed by atoms with E-state index < -0.39 is 37.6 Å². The highest BCUT2D eigenvalue weighted by atomic mass is 35.5. The molecule has 2 atom stereocenters. The van der Waals surface area contributed by atoms with Crippen molar-refractivity contribution < 1.29 is 17.2 Å². The Morgan fingerprint density at radius 2 is 1.90 bits per heavy atom. The van der Waals surface area contributed by atoms with Gasteiger partial charge >= 0.3 is 0 Å². The van der Waals surface area contributed by atoms with E-state index in [1.807, 2.05) is 0 Å². The molecular formula is C27H22ClF2N5O3S. The van der Waals surface area contributed by atoms with Crippen LogP contribution in [-0.2, 0) is 16.9 Å². The second-order valence-electron chi connectivity index (χ2n) is 9.70. The minimum absolute atomic E-state index is 0.0795. The Bertz CT molecular complexity index is 1890. The van der Waals surface area contributed by atoms with Crippen molar-refractivity contribution in [2.24, 2.45) is 7.05 Å². The van der Waals surface area contributed by atoms with Gasteiger partial charge in [0.25, 0.3) is 5.56 Å². The van der Waals surface area contributed by atoms with Crippen LogP contribution >= 0.6 is 11.6 Å². The number of pyridine rings is 2. The molecule has 4 aromatic rings. The molecule has 8 nitrogen and oxygen atoms in total. The Kier molecular flexibility index (Phi) is 6.44. The van der Waals surface area contributed by atoms with Crippen LogP contribution in [-0.4, -0.2) is 34.0 Å². The second-order valence-corrected chi connectivity index (χ2v) is 12.1. The molecule has 0 bridgehead atoms. The fourth-order valence-corrected chi connectivity index (χ4v) is 6.04. The van der Waals surface area contributed by atoms with E-state index in [1.165, 1.54) is 18.3 Å². The van der Waals surface area contributed by atoms with E-state index in [-0.39, 0.29) is 28.1 Å². The monoisotopic (exact) mass is 569 g/mol. The van der Waals surface area contributed by atoms with Gasteiger partial charge in [-0.3, -0.25) is 19.0 Å². The number of hydrogen-bond acceptors (Lipinski definition) is 6. The van der Waals surface area contributed by atoms with Gasteiger partial charge in [0, 0.05) is 42.9 Å². The maximum absolute atomic E-state index is 16.0. The number of aryl methyl sites for hydroxylation is 3. The highest BCUT2D eigenvalue weighted by molar-refractivity contribution is 7.90. The van der Waals surface area contributed by atoms with E-state index in [2.05, 4.69) is 16.2 Å². The fraction of sp³-hybridized carbons (Fsp3) is 0.259. The van der Waals surface area contributed by atoms with Gasteiger partial charge in [0.1, 0.15) is 21.7 Å². The number of sulfone groups is 1. The number of hydrogen-bond donors (Lipinski definition) is 0. The van der Waals surface area contributed by atoms with Gasteiger partial charge in [0.2, 0.25) is 0 Å². The molecule has 3 heterocycles. The Morgan fingerprint density at radius 3 is 2.56 bits per heavy atom. The van der Waals surface area contributed by atoms with Crippen molar-refractivity contribution in [3.05, 3.63) is 91.7 Å². The van der Waals surface area contributed by atoms with Crippen LogP contribution in [0.5, 0.6) is 0 Å². The molecule has 5 rings (SSSR count). The van der Waals surface area contributed by atoms with Crippen molar-refractivity contribution in [3.8, 4) is 23.0 Å². The first-order valence-electron chi connectivity index (χ1n) is 11.8. The Morgan fingerprint density at radius 1 is 1.18 bits per heavy atom. The third-order valence-corrected chi connectivity index (χ3v) is 8.39. The quantitative estimate of drug-likeness (QED) is 0.344. The van der Waals surface area contributed by atoms with Crippen molar-refractivity contribution in [1.82, 2.24) is 19.3 Å². The molecule has 3 aromatic heterocycles. The van der Waals surface area contributed by atoms with E-state index >= 15 is 8.78 Å². The SMILES string of the molecule is Cc1cnc(-c2cccc(S(C)(=O)=O)c2F)c(F)c1-n1c(C)cc([C@@H]2CC2c2nn(C)cc2C#N)c(Cl)c1=O. The maximum Gasteiger partial charge on any atom is 0.274 e. The molecule has 0 aliphatic heterocycles. The smallest absolute Gasteiger partial charge is 0.274 e. The van der Waals surface area contributed by atoms with E-state index in [9.17, 15) is 18.5 Å². The van der Waals surface area contributed by atoms with Gasteiger partial charge in [-0.2, -0.15) is 10.4 Å². The largest absolute Gasteiger partial charge is 0.277 e. The van der Waals surface area contributed by atoms with Crippen LogP contribution in [0.3, 0.4) is 0 Å². The highest BCUT2D eigenvalue weighted by Gasteiger charge is 2.44. The predicted octanol–water partition coefficient (Wildman–Crippen LogP) is 4.73. The summed E-state index contributed by atoms with van der Waals surface area (Å²) in [6.45, 7) is 3.18. The van der Waals surface area contributed by atoms with Crippen molar-refractivity contribution in [2.45, 2.75) is 37.0 Å². The summed E-state index contributed by atoms with van der Waals surface area (Å²) in [5.41, 5.74) is 0.738. The van der Waals surface area contributed by atoms with Crippen LogP contribution in [0.1, 0.15) is 46.3 Å². The molecule has 0 radical (unpaired) electrons. The Hall–Kier alpha value is -3.88. The number of aromatic nitrogens is 4. The van der Waals surface area contributed by atoms with Crippen molar-refractivity contribution >= 4 is 21.4 Å². The molecule has 1 fully saturated rings. The molecule has 1 aliphatic rings. The molecule has 1 aromatic carbocycles. The van der Waals surface area contributed by atoms with Crippen LogP contribution in [0.25, 0.3) is 16.9 Å². The Balaban J connectivity index is 1.62. The van der Waals surface area contributed by atoms with Crippen LogP contribution in [0, 0.1) is 36.8 Å². The summed E-state index contributed by atoms with van der Waals surface area (Å²) in [7, 11) is -2.20. The molecule has 0 saturated heterocycles. The average molecular weight is 570 g/mol. The van der Waals surface area contributed by atoms with Gasteiger partial charge in [-0.15, -0.1) is 0 Å². The van der Waals surface area contributed by atoms with Gasteiger partial charge in [-0.05, 0) is 55.5 Å². The van der Waals surface area contributed by atoms with Crippen molar-refractivity contribution in [3.63, 3.8) is 0 Å². The first-order valence-corrected chi connectivity index (χ1v) is 14.1. The molecule has 1 unspecified atom stereocenters. The lowest BCUT2D eigenvalue weighted by Gasteiger charge is -2.18. The summed E-state index contributed by atoms with van der Waals surface area (Å²) in [5.74, 6) is -2.34. The summed E-state index contributed by atoms with van der Waals surface area (Å²) in [4.78, 5) is 17.0. The average Bonchev–Trinajstić information content (AvgIpc) is 3.56. The number of benzene rings is 1. The van der Waals surface area contributed by atoms with Crippen molar-refractivity contribution in [2.75, 3.05) is 6.26 Å². The summed E-state index contributed by atoms with van der Waals surface area (Å²) in [5, 5.41) is 13.7. The molecule has 1 saturated carbocycles.